The number of likely N-dealkylation sites (tertiary alicyclic amines) is 1. The monoisotopic (exact) mass is 520 g/mol. The number of piperazine rings is 1. The van der Waals surface area contributed by atoms with Gasteiger partial charge in [0, 0.05) is 86.1 Å². The number of nitrogens with one attached hydrogen (secondary N) is 1. The van der Waals surface area contributed by atoms with Crippen molar-refractivity contribution in [1.29, 1.82) is 0 Å². The number of amides is 1. The molecule has 1 N–H and O–H groups in total. The molecule has 2 fully saturated rings. The molecule has 0 aliphatic carbocycles. The SMILES string of the molecule is CN1CCN(c2ccc(-c3cnc4[nH]cc(-c5ccn6ncc(C(=O)N7CCCCC7)c6c5)c4c3)cn2)CC1. The van der Waals surface area contributed by atoms with Crippen molar-refractivity contribution in [2.24, 2.45) is 0 Å². The fourth-order valence-corrected chi connectivity index (χ4v) is 5.76. The molecule has 39 heavy (non-hydrogen) atoms. The van der Waals surface area contributed by atoms with Crippen LogP contribution in [0.25, 0.3) is 38.8 Å². The van der Waals surface area contributed by atoms with Crippen LogP contribution in [0.1, 0.15) is 29.6 Å². The lowest BCUT2D eigenvalue weighted by atomic mass is 10.0. The topological polar surface area (TPSA) is 85.7 Å². The van der Waals surface area contributed by atoms with E-state index >= 15 is 0 Å². The van der Waals surface area contributed by atoms with Gasteiger partial charge in [-0.2, -0.15) is 5.10 Å². The summed E-state index contributed by atoms with van der Waals surface area (Å²) in [5.41, 5.74) is 6.43. The molecule has 7 rings (SSSR count). The van der Waals surface area contributed by atoms with Gasteiger partial charge in [0.05, 0.1) is 17.3 Å². The van der Waals surface area contributed by atoms with Crippen molar-refractivity contribution in [3.05, 3.63) is 66.9 Å². The lowest BCUT2D eigenvalue weighted by molar-refractivity contribution is 0.0726. The van der Waals surface area contributed by atoms with E-state index < -0.39 is 0 Å². The van der Waals surface area contributed by atoms with Crippen molar-refractivity contribution in [1.82, 2.24) is 34.4 Å². The normalized spacial score (nSPS) is 16.8. The standard InChI is InChI=1S/C30H32N8O/c1-35-11-13-36(14-12-35)28-6-5-22(17-31-28)23-15-24-25(19-33-29(24)32-18-23)21-7-10-38-27(16-21)26(20-34-38)30(39)37-8-3-2-4-9-37/h5-7,10,15-20H,2-4,8-9,11-14H2,1H3,(H,32,33). The number of hydrogen-bond acceptors (Lipinski definition) is 6. The minimum Gasteiger partial charge on any atom is -0.354 e. The first-order chi connectivity index (χ1) is 19.1. The molecule has 0 atom stereocenters. The van der Waals surface area contributed by atoms with Crippen molar-refractivity contribution in [2.75, 3.05) is 51.2 Å². The minimum atomic E-state index is 0.0669. The zero-order valence-corrected chi connectivity index (χ0v) is 22.2. The van der Waals surface area contributed by atoms with Crippen molar-refractivity contribution in [3.8, 4) is 22.3 Å². The Morgan fingerprint density at radius 3 is 2.46 bits per heavy atom. The molecule has 5 aromatic rings. The molecular weight excluding hydrogens is 488 g/mol. The van der Waals surface area contributed by atoms with Gasteiger partial charge >= 0.3 is 0 Å². The Hall–Kier alpha value is -4.24. The van der Waals surface area contributed by atoms with E-state index in [1.54, 1.807) is 10.7 Å². The van der Waals surface area contributed by atoms with Gasteiger partial charge in [0.25, 0.3) is 5.91 Å². The molecule has 9 heteroatoms. The third-order valence-corrected chi connectivity index (χ3v) is 8.15. The van der Waals surface area contributed by atoms with Gasteiger partial charge in [-0.05, 0) is 62.2 Å². The van der Waals surface area contributed by atoms with E-state index in [9.17, 15) is 4.79 Å². The first-order valence-corrected chi connectivity index (χ1v) is 13.8. The number of rotatable bonds is 4. The van der Waals surface area contributed by atoms with Gasteiger partial charge < -0.3 is 19.7 Å². The Balaban J connectivity index is 1.20. The molecule has 9 nitrogen and oxygen atoms in total. The highest BCUT2D eigenvalue weighted by Crippen LogP contribution is 2.32. The van der Waals surface area contributed by atoms with Crippen molar-refractivity contribution < 1.29 is 4.79 Å². The molecule has 0 unspecified atom stereocenters. The van der Waals surface area contributed by atoms with Gasteiger partial charge in [0.1, 0.15) is 11.5 Å². The molecule has 0 saturated carbocycles. The minimum absolute atomic E-state index is 0.0669. The van der Waals surface area contributed by atoms with E-state index in [1.807, 2.05) is 35.8 Å². The lowest BCUT2D eigenvalue weighted by Gasteiger charge is -2.33. The zero-order valence-electron chi connectivity index (χ0n) is 22.2. The van der Waals surface area contributed by atoms with Gasteiger partial charge in [0.2, 0.25) is 0 Å². The highest BCUT2D eigenvalue weighted by atomic mass is 16.2. The number of carbonyl (C=O) groups excluding carboxylic acids is 1. The third-order valence-electron chi connectivity index (χ3n) is 8.15. The fourth-order valence-electron chi connectivity index (χ4n) is 5.76. The first kappa shape index (κ1) is 23.8. The summed E-state index contributed by atoms with van der Waals surface area (Å²) < 4.78 is 1.78. The zero-order chi connectivity index (χ0) is 26.3. The number of likely N-dealkylation sites (N-methyl/N-ethyl adjacent to an activating group) is 1. The summed E-state index contributed by atoms with van der Waals surface area (Å²) in [5, 5.41) is 5.48. The second-order valence-electron chi connectivity index (χ2n) is 10.7. The van der Waals surface area contributed by atoms with Gasteiger partial charge in [-0.25, -0.2) is 14.5 Å². The van der Waals surface area contributed by atoms with E-state index in [0.717, 1.165) is 96.7 Å². The predicted octanol–water partition coefficient (Wildman–Crippen LogP) is 4.32. The number of hydrogen-bond donors (Lipinski definition) is 1. The van der Waals surface area contributed by atoms with Gasteiger partial charge in [-0.3, -0.25) is 4.79 Å². The summed E-state index contributed by atoms with van der Waals surface area (Å²) in [5.74, 6) is 1.09. The number of aromatic amines is 1. The highest BCUT2D eigenvalue weighted by molar-refractivity contribution is 6.02. The summed E-state index contributed by atoms with van der Waals surface area (Å²) in [6.07, 6.45) is 12.8. The van der Waals surface area contributed by atoms with Crippen LogP contribution in [0.2, 0.25) is 0 Å². The van der Waals surface area contributed by atoms with Crippen LogP contribution in [0.5, 0.6) is 0 Å². The molecule has 1 amide bonds. The number of pyridine rings is 3. The van der Waals surface area contributed by atoms with Gasteiger partial charge in [0.15, 0.2) is 0 Å². The van der Waals surface area contributed by atoms with Crippen LogP contribution < -0.4 is 4.90 Å². The smallest absolute Gasteiger partial charge is 0.257 e. The largest absolute Gasteiger partial charge is 0.354 e. The summed E-state index contributed by atoms with van der Waals surface area (Å²) in [4.78, 5) is 32.7. The highest BCUT2D eigenvalue weighted by Gasteiger charge is 2.22. The van der Waals surface area contributed by atoms with Crippen LogP contribution in [-0.2, 0) is 0 Å². The molecule has 7 heterocycles. The summed E-state index contributed by atoms with van der Waals surface area (Å²) in [6, 6.07) is 10.5. The second-order valence-corrected chi connectivity index (χ2v) is 10.7. The number of piperidine rings is 1. The molecule has 0 aromatic carbocycles. The molecule has 2 aliphatic rings. The van der Waals surface area contributed by atoms with E-state index in [2.05, 4.69) is 51.2 Å². The van der Waals surface area contributed by atoms with E-state index in [0.29, 0.717) is 5.56 Å². The first-order valence-electron chi connectivity index (χ1n) is 13.8. The Bertz CT molecular complexity index is 1640. The fraction of sp³-hybridized carbons (Fsp3) is 0.333. The number of aromatic nitrogens is 5. The van der Waals surface area contributed by atoms with Crippen LogP contribution >= 0.6 is 0 Å². The Morgan fingerprint density at radius 1 is 0.846 bits per heavy atom. The third kappa shape index (κ3) is 4.42. The Labute approximate surface area is 227 Å². The number of carbonyl (C=O) groups is 1. The molecule has 5 aromatic heterocycles. The molecule has 2 aliphatic heterocycles. The average molecular weight is 521 g/mol. The van der Waals surface area contributed by atoms with Crippen LogP contribution in [0.3, 0.4) is 0 Å². The van der Waals surface area contributed by atoms with Crippen LogP contribution in [0.15, 0.2) is 61.3 Å². The number of H-pyrrole nitrogens is 1. The maximum Gasteiger partial charge on any atom is 0.257 e. The number of nitrogens with zero attached hydrogens (tertiary/aromatic N) is 7. The van der Waals surface area contributed by atoms with E-state index in [-0.39, 0.29) is 5.91 Å². The molecule has 0 bridgehead atoms. The summed E-state index contributed by atoms with van der Waals surface area (Å²) in [6.45, 7) is 5.74. The second kappa shape index (κ2) is 9.81. The van der Waals surface area contributed by atoms with Gasteiger partial charge in [-0.1, -0.05) is 0 Å². The lowest BCUT2D eigenvalue weighted by Crippen LogP contribution is -2.44. The molecule has 0 radical (unpaired) electrons. The van der Waals surface area contributed by atoms with Crippen molar-refractivity contribution >= 4 is 28.3 Å². The number of anilines is 1. The Morgan fingerprint density at radius 2 is 1.67 bits per heavy atom. The predicted molar refractivity (Wildman–Crippen MR) is 153 cm³/mol. The quantitative estimate of drug-likeness (QED) is 0.380. The van der Waals surface area contributed by atoms with Crippen LogP contribution in [0, 0.1) is 0 Å². The summed E-state index contributed by atoms with van der Waals surface area (Å²) >= 11 is 0. The van der Waals surface area contributed by atoms with E-state index in [1.165, 1.54) is 6.42 Å². The molecule has 2 saturated heterocycles. The summed E-state index contributed by atoms with van der Waals surface area (Å²) in [7, 11) is 2.16. The van der Waals surface area contributed by atoms with Crippen molar-refractivity contribution in [3.63, 3.8) is 0 Å². The molecule has 0 spiro atoms. The maximum atomic E-state index is 13.3. The maximum absolute atomic E-state index is 13.3. The van der Waals surface area contributed by atoms with Crippen LogP contribution in [-0.4, -0.2) is 86.6 Å². The number of fused-ring (bicyclic) bond motifs is 2. The van der Waals surface area contributed by atoms with Crippen molar-refractivity contribution in [2.45, 2.75) is 19.3 Å². The molecule has 198 valence electrons. The van der Waals surface area contributed by atoms with Gasteiger partial charge in [-0.15, -0.1) is 0 Å². The Kier molecular flexibility index (Phi) is 6.00. The molecular formula is C30H32N8O. The average Bonchev–Trinajstić information content (AvgIpc) is 3.61. The van der Waals surface area contributed by atoms with Crippen LogP contribution in [0.4, 0.5) is 5.82 Å². The van der Waals surface area contributed by atoms with E-state index in [4.69, 9.17) is 9.97 Å².